The molecule has 2 aromatic rings. The zero-order valence-electron chi connectivity index (χ0n) is 11.0. The molecule has 1 aromatic heterocycles. The van der Waals surface area contributed by atoms with Crippen LogP contribution in [-0.4, -0.2) is 7.05 Å². The highest BCUT2D eigenvalue weighted by Crippen LogP contribution is 2.26. The molecule has 0 radical (unpaired) electrons. The molecule has 2 rings (SSSR count). The lowest BCUT2D eigenvalue weighted by atomic mass is 9.97. The van der Waals surface area contributed by atoms with Crippen LogP contribution in [0.4, 0.5) is 8.78 Å². The normalized spacial score (nSPS) is 12.6. The van der Waals surface area contributed by atoms with Crippen molar-refractivity contribution in [2.45, 2.75) is 25.8 Å². The zero-order chi connectivity index (χ0) is 13.8. The van der Waals surface area contributed by atoms with E-state index in [1.807, 2.05) is 11.4 Å². The van der Waals surface area contributed by atoms with Crippen molar-refractivity contribution in [3.63, 3.8) is 0 Å². The number of hydrogen-bond acceptors (Lipinski definition) is 2. The smallest absolute Gasteiger partial charge is 0.133 e. The van der Waals surface area contributed by atoms with Crippen molar-refractivity contribution < 1.29 is 8.78 Å². The van der Waals surface area contributed by atoms with Gasteiger partial charge in [0, 0.05) is 11.6 Å². The van der Waals surface area contributed by atoms with Crippen LogP contribution in [-0.2, 0) is 6.42 Å². The van der Waals surface area contributed by atoms with E-state index in [9.17, 15) is 8.78 Å². The Morgan fingerprint density at radius 1 is 1.26 bits per heavy atom. The van der Waals surface area contributed by atoms with Gasteiger partial charge in [0.1, 0.15) is 11.6 Å². The molecule has 1 aromatic carbocycles. The number of thiophene rings is 1. The summed E-state index contributed by atoms with van der Waals surface area (Å²) in [6.07, 6.45) is 1.48. The standard InChI is InChI=1S/C15H17F2NS/c1-10-3-5-12(16)14(15(10)17)13(18-2)6-4-11-7-8-19-9-11/h3,5,7-9,13,18H,4,6H2,1-2H3. The molecule has 0 bridgehead atoms. The summed E-state index contributed by atoms with van der Waals surface area (Å²) in [4.78, 5) is 0. The molecule has 0 saturated carbocycles. The highest BCUT2D eigenvalue weighted by molar-refractivity contribution is 7.07. The van der Waals surface area contributed by atoms with E-state index in [4.69, 9.17) is 0 Å². The molecule has 1 nitrogen and oxygen atoms in total. The summed E-state index contributed by atoms with van der Waals surface area (Å²) >= 11 is 1.63. The van der Waals surface area contributed by atoms with Crippen LogP contribution in [0.2, 0.25) is 0 Å². The molecule has 1 atom stereocenters. The van der Waals surface area contributed by atoms with Crippen LogP contribution in [0.3, 0.4) is 0 Å². The fourth-order valence-corrected chi connectivity index (χ4v) is 2.88. The van der Waals surface area contributed by atoms with Crippen LogP contribution in [0, 0.1) is 18.6 Å². The summed E-state index contributed by atoms with van der Waals surface area (Å²) in [6, 6.07) is 4.54. The minimum absolute atomic E-state index is 0.151. The molecule has 4 heteroatoms. The van der Waals surface area contributed by atoms with Crippen molar-refractivity contribution >= 4 is 11.3 Å². The van der Waals surface area contributed by atoms with Crippen molar-refractivity contribution in [1.82, 2.24) is 5.32 Å². The molecule has 19 heavy (non-hydrogen) atoms. The van der Waals surface area contributed by atoms with E-state index in [0.717, 1.165) is 6.42 Å². The van der Waals surface area contributed by atoms with Crippen LogP contribution in [0.25, 0.3) is 0 Å². The van der Waals surface area contributed by atoms with Crippen molar-refractivity contribution in [3.8, 4) is 0 Å². The third kappa shape index (κ3) is 3.19. The molecule has 1 unspecified atom stereocenters. The molecule has 102 valence electrons. The van der Waals surface area contributed by atoms with Crippen LogP contribution in [0.15, 0.2) is 29.0 Å². The van der Waals surface area contributed by atoms with E-state index in [1.54, 1.807) is 25.3 Å². The maximum absolute atomic E-state index is 14.1. The number of aryl methyl sites for hydroxylation is 2. The molecule has 0 aliphatic rings. The third-order valence-corrected chi connectivity index (χ3v) is 4.05. The third-order valence-electron chi connectivity index (χ3n) is 3.32. The lowest BCUT2D eigenvalue weighted by Gasteiger charge is -2.18. The second-order valence-electron chi connectivity index (χ2n) is 4.60. The van der Waals surface area contributed by atoms with Gasteiger partial charge in [0.05, 0.1) is 0 Å². The van der Waals surface area contributed by atoms with Gasteiger partial charge < -0.3 is 5.32 Å². The van der Waals surface area contributed by atoms with Gasteiger partial charge in [-0.3, -0.25) is 0 Å². The Morgan fingerprint density at radius 2 is 2.05 bits per heavy atom. The zero-order valence-corrected chi connectivity index (χ0v) is 11.9. The van der Waals surface area contributed by atoms with E-state index in [1.165, 1.54) is 17.7 Å². The summed E-state index contributed by atoms with van der Waals surface area (Å²) in [5, 5.41) is 7.09. The van der Waals surface area contributed by atoms with E-state index in [2.05, 4.69) is 10.7 Å². The second-order valence-corrected chi connectivity index (χ2v) is 5.38. The van der Waals surface area contributed by atoms with Gasteiger partial charge in [-0.2, -0.15) is 11.3 Å². The number of rotatable bonds is 5. The van der Waals surface area contributed by atoms with E-state index in [0.29, 0.717) is 12.0 Å². The minimum Gasteiger partial charge on any atom is -0.313 e. The topological polar surface area (TPSA) is 12.0 Å². The van der Waals surface area contributed by atoms with Crippen molar-refractivity contribution in [2.24, 2.45) is 0 Å². The lowest BCUT2D eigenvalue weighted by molar-refractivity contribution is 0.469. The van der Waals surface area contributed by atoms with Gasteiger partial charge in [0.15, 0.2) is 0 Å². The van der Waals surface area contributed by atoms with E-state index in [-0.39, 0.29) is 11.6 Å². The first-order valence-corrected chi connectivity index (χ1v) is 7.20. The van der Waals surface area contributed by atoms with Gasteiger partial charge >= 0.3 is 0 Å². The Bertz CT molecular complexity index is 537. The van der Waals surface area contributed by atoms with Crippen LogP contribution in [0.5, 0.6) is 0 Å². The van der Waals surface area contributed by atoms with Gasteiger partial charge in [-0.25, -0.2) is 8.78 Å². The van der Waals surface area contributed by atoms with Gasteiger partial charge in [0.25, 0.3) is 0 Å². The average molecular weight is 281 g/mol. The fraction of sp³-hybridized carbons (Fsp3) is 0.333. The van der Waals surface area contributed by atoms with Gasteiger partial charge in [-0.05, 0) is 60.8 Å². The Hall–Kier alpha value is -1.26. The highest BCUT2D eigenvalue weighted by atomic mass is 32.1. The number of halogens is 2. The first-order valence-electron chi connectivity index (χ1n) is 6.26. The van der Waals surface area contributed by atoms with Crippen molar-refractivity contribution in [2.75, 3.05) is 7.05 Å². The van der Waals surface area contributed by atoms with E-state index >= 15 is 0 Å². The maximum Gasteiger partial charge on any atom is 0.133 e. The average Bonchev–Trinajstić information content (AvgIpc) is 2.91. The number of nitrogens with one attached hydrogen (secondary N) is 1. The number of benzene rings is 1. The van der Waals surface area contributed by atoms with Crippen LogP contribution >= 0.6 is 11.3 Å². The second kappa shape index (κ2) is 6.26. The highest BCUT2D eigenvalue weighted by Gasteiger charge is 2.20. The largest absolute Gasteiger partial charge is 0.313 e. The summed E-state index contributed by atoms with van der Waals surface area (Å²) < 4.78 is 27.9. The molecule has 0 aliphatic carbocycles. The molecular formula is C15H17F2NS. The van der Waals surface area contributed by atoms with Crippen LogP contribution in [0.1, 0.15) is 29.2 Å². The minimum atomic E-state index is -0.479. The molecule has 0 aliphatic heterocycles. The fourth-order valence-electron chi connectivity index (χ4n) is 2.18. The molecule has 0 amide bonds. The lowest BCUT2D eigenvalue weighted by Crippen LogP contribution is -2.20. The van der Waals surface area contributed by atoms with Crippen molar-refractivity contribution in [1.29, 1.82) is 0 Å². The summed E-state index contributed by atoms with van der Waals surface area (Å²) in [5.41, 5.74) is 1.84. The summed E-state index contributed by atoms with van der Waals surface area (Å²) in [5.74, 6) is -0.919. The summed E-state index contributed by atoms with van der Waals surface area (Å²) in [6.45, 7) is 1.66. The predicted molar refractivity (Wildman–Crippen MR) is 75.5 cm³/mol. The molecule has 0 spiro atoms. The Kier molecular flexibility index (Phi) is 4.66. The SMILES string of the molecule is CNC(CCc1ccsc1)c1c(F)ccc(C)c1F. The quantitative estimate of drug-likeness (QED) is 0.865. The van der Waals surface area contributed by atoms with Gasteiger partial charge in [-0.1, -0.05) is 6.07 Å². The van der Waals surface area contributed by atoms with Crippen LogP contribution < -0.4 is 5.32 Å². The molecule has 0 fully saturated rings. The van der Waals surface area contributed by atoms with Gasteiger partial charge in [0.2, 0.25) is 0 Å². The Balaban J connectivity index is 2.19. The first kappa shape index (κ1) is 14.2. The molecular weight excluding hydrogens is 264 g/mol. The maximum atomic E-state index is 14.1. The summed E-state index contributed by atoms with van der Waals surface area (Å²) in [7, 11) is 1.74. The Morgan fingerprint density at radius 3 is 2.68 bits per heavy atom. The molecule has 1 heterocycles. The van der Waals surface area contributed by atoms with E-state index < -0.39 is 11.6 Å². The van der Waals surface area contributed by atoms with Gasteiger partial charge in [-0.15, -0.1) is 0 Å². The molecule has 1 N–H and O–H groups in total. The number of hydrogen-bond donors (Lipinski definition) is 1. The van der Waals surface area contributed by atoms with Crippen molar-refractivity contribution in [3.05, 3.63) is 57.3 Å². The predicted octanol–water partition coefficient (Wildman–Crippen LogP) is 4.23. The monoisotopic (exact) mass is 281 g/mol. The molecule has 0 saturated heterocycles. The Labute approximate surface area is 116 Å². The first-order chi connectivity index (χ1) is 9.13.